The molecule has 1 aromatic carbocycles. The Labute approximate surface area is 184 Å². The summed E-state index contributed by atoms with van der Waals surface area (Å²) < 4.78 is 48.7. The third kappa shape index (κ3) is 4.18. The van der Waals surface area contributed by atoms with Crippen molar-refractivity contribution in [3.8, 4) is 11.1 Å². The number of rotatable bonds is 6. The third-order valence-corrected chi connectivity index (χ3v) is 7.08. The molecule has 32 heavy (non-hydrogen) atoms. The fourth-order valence-electron chi connectivity index (χ4n) is 3.67. The Morgan fingerprint density at radius 2 is 1.97 bits per heavy atom. The van der Waals surface area contributed by atoms with Crippen molar-refractivity contribution < 1.29 is 22.3 Å². The third-order valence-electron chi connectivity index (χ3n) is 5.56. The van der Waals surface area contributed by atoms with E-state index in [4.69, 9.17) is 4.74 Å². The number of halogens is 1. The first kappa shape index (κ1) is 20.9. The number of anilines is 2. The number of nitrogens with one attached hydrogen (secondary N) is 3. The van der Waals surface area contributed by atoms with E-state index in [-0.39, 0.29) is 30.6 Å². The van der Waals surface area contributed by atoms with Crippen molar-refractivity contribution in [3.63, 3.8) is 0 Å². The van der Waals surface area contributed by atoms with Gasteiger partial charge in [0.2, 0.25) is 5.91 Å². The van der Waals surface area contributed by atoms with Crippen LogP contribution in [-0.4, -0.2) is 54.9 Å². The molecule has 1 amide bonds. The molecule has 5 rings (SSSR count). The lowest BCUT2D eigenvalue weighted by Gasteiger charge is -2.26. The lowest BCUT2D eigenvalue weighted by Crippen LogP contribution is -2.43. The Kier molecular flexibility index (Phi) is 5.31. The van der Waals surface area contributed by atoms with E-state index in [9.17, 15) is 17.6 Å². The summed E-state index contributed by atoms with van der Waals surface area (Å²) in [6.07, 6.45) is 3.46. The predicted octanol–water partition coefficient (Wildman–Crippen LogP) is 2.71. The fraction of sp³-hybridized carbons (Fsp3) is 0.333. The number of H-pyrrole nitrogens is 1. The van der Waals surface area contributed by atoms with Gasteiger partial charge in [0, 0.05) is 30.6 Å². The summed E-state index contributed by atoms with van der Waals surface area (Å²) in [4.78, 5) is 19.6. The van der Waals surface area contributed by atoms with Crippen LogP contribution in [0.1, 0.15) is 12.8 Å². The number of benzene rings is 1. The largest absolute Gasteiger partial charge is 0.379 e. The summed E-state index contributed by atoms with van der Waals surface area (Å²) in [5, 5.41) is 3.58. The van der Waals surface area contributed by atoms with Crippen LogP contribution in [0.15, 0.2) is 36.5 Å². The van der Waals surface area contributed by atoms with Crippen molar-refractivity contribution in [1.82, 2.24) is 14.3 Å². The molecule has 168 valence electrons. The second-order valence-electron chi connectivity index (χ2n) is 7.87. The number of hydrogen-bond donors (Lipinski definition) is 3. The van der Waals surface area contributed by atoms with Crippen LogP contribution in [0.5, 0.6) is 0 Å². The number of aromatic nitrogens is 2. The molecule has 2 aliphatic rings. The molecule has 0 spiro atoms. The van der Waals surface area contributed by atoms with Crippen molar-refractivity contribution in [1.29, 1.82) is 0 Å². The summed E-state index contributed by atoms with van der Waals surface area (Å²) in [7, 11) is -3.88. The highest BCUT2D eigenvalue weighted by molar-refractivity contribution is 7.90. The smallest absolute Gasteiger partial charge is 0.301 e. The van der Waals surface area contributed by atoms with Crippen molar-refractivity contribution in [2.45, 2.75) is 12.8 Å². The van der Waals surface area contributed by atoms with Crippen LogP contribution in [0.4, 0.5) is 15.9 Å². The molecule has 1 aliphatic heterocycles. The second-order valence-corrected chi connectivity index (χ2v) is 9.54. The van der Waals surface area contributed by atoms with Crippen LogP contribution in [0.2, 0.25) is 0 Å². The number of ether oxygens (including phenoxy) is 1. The van der Waals surface area contributed by atoms with Gasteiger partial charge in [-0.05, 0) is 48.2 Å². The first-order chi connectivity index (χ1) is 15.4. The zero-order chi connectivity index (χ0) is 22.3. The summed E-state index contributed by atoms with van der Waals surface area (Å²) in [6.45, 7) is 1.03. The molecule has 2 aromatic heterocycles. The van der Waals surface area contributed by atoms with E-state index in [0.29, 0.717) is 35.8 Å². The molecule has 9 nitrogen and oxygen atoms in total. The maximum absolute atomic E-state index is 14.9. The highest BCUT2D eigenvalue weighted by Crippen LogP contribution is 2.34. The van der Waals surface area contributed by atoms with Gasteiger partial charge in [-0.25, -0.2) is 9.37 Å². The minimum Gasteiger partial charge on any atom is -0.379 e. The zero-order valence-electron chi connectivity index (χ0n) is 17.1. The number of nitrogens with zero attached hydrogens (tertiary/aromatic N) is 2. The van der Waals surface area contributed by atoms with Gasteiger partial charge in [0.1, 0.15) is 17.3 Å². The Morgan fingerprint density at radius 1 is 1.19 bits per heavy atom. The summed E-state index contributed by atoms with van der Waals surface area (Å²) in [5.74, 6) is -0.378. The molecule has 0 unspecified atom stereocenters. The highest BCUT2D eigenvalue weighted by atomic mass is 32.2. The Balaban J connectivity index is 1.44. The number of hydrogen-bond acceptors (Lipinski definition) is 5. The molecule has 0 radical (unpaired) electrons. The van der Waals surface area contributed by atoms with Crippen LogP contribution >= 0.6 is 0 Å². The number of morpholine rings is 1. The number of fused-ring (bicyclic) bond motifs is 1. The van der Waals surface area contributed by atoms with Crippen LogP contribution in [-0.2, 0) is 19.7 Å². The molecule has 2 fully saturated rings. The molecule has 11 heteroatoms. The molecular formula is C21H22FN5O4S. The van der Waals surface area contributed by atoms with Gasteiger partial charge >= 0.3 is 10.2 Å². The van der Waals surface area contributed by atoms with Crippen molar-refractivity contribution >= 4 is 38.7 Å². The maximum Gasteiger partial charge on any atom is 0.301 e. The van der Waals surface area contributed by atoms with Gasteiger partial charge in [-0.3, -0.25) is 9.52 Å². The minimum atomic E-state index is -3.88. The normalized spacial score (nSPS) is 17.4. The topological polar surface area (TPSA) is 116 Å². The Bertz CT molecular complexity index is 1280. The number of carbonyl (C=O) groups excluding carboxylic acids is 1. The van der Waals surface area contributed by atoms with Gasteiger partial charge in [-0.2, -0.15) is 12.7 Å². The molecule has 3 heterocycles. The standard InChI is InChI=1S/C21H22FN5O4S/c22-17-11-14(3-4-18(17)26-32(29,30)27-7-9-31-10-8-27)16-12-19(25-21(28)13-1-2-13)24-20-15(16)5-6-23-20/h3-6,11-13,26H,1-2,7-10H2,(H2,23,24,25,28). The van der Waals surface area contributed by atoms with E-state index in [2.05, 4.69) is 20.0 Å². The molecular weight excluding hydrogens is 437 g/mol. The predicted molar refractivity (Wildman–Crippen MR) is 118 cm³/mol. The molecule has 0 bridgehead atoms. The lowest BCUT2D eigenvalue weighted by atomic mass is 10.0. The van der Waals surface area contributed by atoms with Crippen LogP contribution in [0, 0.1) is 11.7 Å². The van der Waals surface area contributed by atoms with Crippen molar-refractivity contribution in [2.75, 3.05) is 36.3 Å². The SMILES string of the molecule is O=C(Nc1cc(-c2ccc(NS(=O)(=O)N3CCOCC3)c(F)c2)c2cc[nH]c2n1)C1CC1. The quantitative estimate of drug-likeness (QED) is 0.524. The molecule has 1 aliphatic carbocycles. The van der Waals surface area contributed by atoms with Gasteiger partial charge in [-0.1, -0.05) is 6.07 Å². The zero-order valence-corrected chi connectivity index (χ0v) is 17.9. The van der Waals surface area contributed by atoms with Gasteiger partial charge in [0.25, 0.3) is 0 Å². The molecule has 0 atom stereocenters. The van der Waals surface area contributed by atoms with E-state index in [1.807, 2.05) is 6.07 Å². The monoisotopic (exact) mass is 459 g/mol. The van der Waals surface area contributed by atoms with E-state index in [1.165, 1.54) is 16.4 Å². The van der Waals surface area contributed by atoms with E-state index in [0.717, 1.165) is 18.2 Å². The van der Waals surface area contributed by atoms with Crippen molar-refractivity contribution in [2.24, 2.45) is 5.92 Å². The average molecular weight is 460 g/mol. The van der Waals surface area contributed by atoms with Crippen LogP contribution < -0.4 is 10.0 Å². The summed E-state index contributed by atoms with van der Waals surface area (Å²) >= 11 is 0. The first-order valence-corrected chi connectivity index (χ1v) is 11.8. The molecule has 1 saturated carbocycles. The van der Waals surface area contributed by atoms with Gasteiger partial charge < -0.3 is 15.0 Å². The molecule has 1 saturated heterocycles. The Hall–Kier alpha value is -3.02. The number of carbonyl (C=O) groups is 1. The van der Waals surface area contributed by atoms with E-state index >= 15 is 0 Å². The van der Waals surface area contributed by atoms with Gasteiger partial charge in [0.05, 0.1) is 18.9 Å². The summed E-state index contributed by atoms with van der Waals surface area (Å²) in [5.41, 5.74) is 1.63. The number of amides is 1. The van der Waals surface area contributed by atoms with E-state index < -0.39 is 16.0 Å². The molecule has 3 aromatic rings. The second kappa shape index (κ2) is 8.15. The highest BCUT2D eigenvalue weighted by Gasteiger charge is 2.30. The first-order valence-electron chi connectivity index (χ1n) is 10.4. The number of pyridine rings is 1. The van der Waals surface area contributed by atoms with Gasteiger partial charge in [-0.15, -0.1) is 0 Å². The van der Waals surface area contributed by atoms with Gasteiger partial charge in [0.15, 0.2) is 0 Å². The molecule has 3 N–H and O–H groups in total. The lowest BCUT2D eigenvalue weighted by molar-refractivity contribution is -0.117. The van der Waals surface area contributed by atoms with E-state index in [1.54, 1.807) is 18.3 Å². The summed E-state index contributed by atoms with van der Waals surface area (Å²) in [6, 6.07) is 7.81. The fourth-order valence-corrected chi connectivity index (χ4v) is 4.87. The van der Waals surface area contributed by atoms with Crippen LogP contribution in [0.3, 0.4) is 0 Å². The minimum absolute atomic E-state index is 0.0239. The average Bonchev–Trinajstić information content (AvgIpc) is 3.53. The maximum atomic E-state index is 14.9. The van der Waals surface area contributed by atoms with Crippen LogP contribution in [0.25, 0.3) is 22.2 Å². The van der Waals surface area contributed by atoms with Crippen molar-refractivity contribution in [3.05, 3.63) is 42.3 Å². The number of aromatic amines is 1. The Morgan fingerprint density at radius 3 is 2.69 bits per heavy atom.